The van der Waals surface area contributed by atoms with Gasteiger partial charge < -0.3 is 4.57 Å². The summed E-state index contributed by atoms with van der Waals surface area (Å²) in [5, 5.41) is 10.9. The summed E-state index contributed by atoms with van der Waals surface area (Å²) in [6.45, 7) is 2.92. The highest BCUT2D eigenvalue weighted by atomic mass is 79.9. The zero-order valence-corrected chi connectivity index (χ0v) is 17.1. The molecule has 0 saturated carbocycles. The van der Waals surface area contributed by atoms with Crippen LogP contribution in [0.25, 0.3) is 22.6 Å². The average Bonchev–Trinajstić information content (AvgIpc) is 3.04. The monoisotopic (exact) mass is 426 g/mol. The Labute approximate surface area is 173 Å². The van der Waals surface area contributed by atoms with Gasteiger partial charge in [-0.2, -0.15) is 5.26 Å². The van der Waals surface area contributed by atoms with E-state index in [9.17, 15) is 5.26 Å². The molecule has 0 aliphatic rings. The summed E-state index contributed by atoms with van der Waals surface area (Å²) in [5.41, 5.74) is 6.33. The quantitative estimate of drug-likeness (QED) is 0.329. The third-order valence-corrected chi connectivity index (χ3v) is 5.36. The fraction of sp³-hybridized carbons (Fsp3) is 0.0800. The topological polar surface area (TPSA) is 28.7 Å². The molecule has 0 aliphatic carbocycles. The second-order valence-electron chi connectivity index (χ2n) is 6.90. The highest BCUT2D eigenvalue weighted by Gasteiger charge is 2.09. The predicted octanol–water partition coefficient (Wildman–Crippen LogP) is 6.82. The Hall–Kier alpha value is -3.09. The van der Waals surface area contributed by atoms with Gasteiger partial charge in [-0.3, -0.25) is 0 Å². The number of nitriles is 1. The van der Waals surface area contributed by atoms with E-state index in [4.69, 9.17) is 0 Å². The molecule has 4 aromatic rings. The van der Waals surface area contributed by atoms with Crippen LogP contribution in [0.2, 0.25) is 0 Å². The fourth-order valence-corrected chi connectivity index (χ4v) is 3.76. The molecular formula is C25H19BrN2. The number of para-hydroxylation sites is 1. The summed E-state index contributed by atoms with van der Waals surface area (Å²) < 4.78 is 3.26. The van der Waals surface area contributed by atoms with E-state index in [1.807, 2.05) is 36.4 Å². The number of allylic oxidation sites excluding steroid dienone is 1. The molecule has 4 rings (SSSR count). The molecule has 3 heteroatoms. The molecule has 0 N–H and O–H groups in total. The fourth-order valence-electron chi connectivity index (χ4n) is 3.49. The van der Waals surface area contributed by atoms with Crippen LogP contribution in [0.1, 0.15) is 22.3 Å². The van der Waals surface area contributed by atoms with E-state index >= 15 is 0 Å². The van der Waals surface area contributed by atoms with Gasteiger partial charge in [0.15, 0.2) is 0 Å². The SMILES string of the molecule is Cc1cccc(Cn2cc(/C=C(/C#N)c3ccc(Br)cc3)c3ccccc32)c1. The first kappa shape index (κ1) is 18.3. The van der Waals surface area contributed by atoms with Crippen molar-refractivity contribution in [2.24, 2.45) is 0 Å². The van der Waals surface area contributed by atoms with E-state index < -0.39 is 0 Å². The van der Waals surface area contributed by atoms with E-state index in [2.05, 4.69) is 82.2 Å². The lowest BCUT2D eigenvalue weighted by Gasteiger charge is -2.06. The molecule has 1 heterocycles. The predicted molar refractivity (Wildman–Crippen MR) is 120 cm³/mol. The van der Waals surface area contributed by atoms with Crippen molar-refractivity contribution in [1.29, 1.82) is 5.26 Å². The molecular weight excluding hydrogens is 408 g/mol. The molecule has 0 atom stereocenters. The highest BCUT2D eigenvalue weighted by molar-refractivity contribution is 9.10. The lowest BCUT2D eigenvalue weighted by atomic mass is 10.0. The van der Waals surface area contributed by atoms with Gasteiger partial charge in [0.2, 0.25) is 0 Å². The maximum atomic E-state index is 9.72. The van der Waals surface area contributed by atoms with E-state index in [1.54, 1.807) is 0 Å². The summed E-state index contributed by atoms with van der Waals surface area (Å²) in [4.78, 5) is 0. The number of hydrogen-bond donors (Lipinski definition) is 0. The van der Waals surface area contributed by atoms with Gasteiger partial charge in [-0.1, -0.05) is 76.1 Å². The zero-order chi connectivity index (χ0) is 19.5. The minimum absolute atomic E-state index is 0.658. The second kappa shape index (κ2) is 7.88. The molecule has 136 valence electrons. The van der Waals surface area contributed by atoms with Gasteiger partial charge in [0.05, 0.1) is 11.6 Å². The van der Waals surface area contributed by atoms with Crippen molar-refractivity contribution in [1.82, 2.24) is 4.57 Å². The number of halogens is 1. The Morgan fingerprint density at radius 3 is 2.57 bits per heavy atom. The van der Waals surface area contributed by atoms with Crippen LogP contribution in [0.5, 0.6) is 0 Å². The van der Waals surface area contributed by atoms with Crippen molar-refractivity contribution in [2.75, 3.05) is 0 Å². The molecule has 0 saturated heterocycles. The van der Waals surface area contributed by atoms with Crippen molar-refractivity contribution in [2.45, 2.75) is 13.5 Å². The molecule has 2 nitrogen and oxygen atoms in total. The molecule has 0 amide bonds. The van der Waals surface area contributed by atoms with Gasteiger partial charge in [-0.25, -0.2) is 0 Å². The van der Waals surface area contributed by atoms with Gasteiger partial charge in [-0.05, 0) is 42.3 Å². The van der Waals surface area contributed by atoms with Crippen LogP contribution in [0.3, 0.4) is 0 Å². The normalized spacial score (nSPS) is 11.5. The molecule has 0 unspecified atom stereocenters. The van der Waals surface area contributed by atoms with Gasteiger partial charge in [0.25, 0.3) is 0 Å². The summed E-state index contributed by atoms with van der Waals surface area (Å²) >= 11 is 3.45. The first-order valence-corrected chi connectivity index (χ1v) is 9.94. The Kier molecular flexibility index (Phi) is 5.14. The van der Waals surface area contributed by atoms with Crippen LogP contribution in [-0.4, -0.2) is 4.57 Å². The molecule has 28 heavy (non-hydrogen) atoms. The number of nitrogens with zero attached hydrogens (tertiary/aromatic N) is 2. The minimum atomic E-state index is 0.658. The Morgan fingerprint density at radius 1 is 1.04 bits per heavy atom. The average molecular weight is 427 g/mol. The van der Waals surface area contributed by atoms with Crippen LogP contribution >= 0.6 is 15.9 Å². The van der Waals surface area contributed by atoms with Gasteiger partial charge in [-0.15, -0.1) is 0 Å². The molecule has 0 fully saturated rings. The van der Waals surface area contributed by atoms with Gasteiger partial charge >= 0.3 is 0 Å². The lowest BCUT2D eigenvalue weighted by Crippen LogP contribution is -1.97. The van der Waals surface area contributed by atoms with E-state index in [0.717, 1.165) is 27.5 Å². The number of rotatable bonds is 4. The van der Waals surface area contributed by atoms with Crippen molar-refractivity contribution >= 4 is 38.5 Å². The molecule has 0 bridgehead atoms. The molecule has 0 aliphatic heterocycles. The number of fused-ring (bicyclic) bond motifs is 1. The number of benzene rings is 3. The maximum Gasteiger partial charge on any atom is 0.0998 e. The largest absolute Gasteiger partial charge is 0.342 e. The van der Waals surface area contributed by atoms with Crippen LogP contribution < -0.4 is 0 Å². The summed E-state index contributed by atoms with van der Waals surface area (Å²) in [6.07, 6.45) is 4.13. The standard InChI is InChI=1S/C25H19BrN2/c1-18-5-4-6-19(13-18)16-28-17-22(24-7-2-3-8-25(24)28)14-21(15-27)20-9-11-23(26)12-10-20/h2-14,17H,16H2,1H3/b21-14-. The third-order valence-electron chi connectivity index (χ3n) is 4.83. The molecule has 0 spiro atoms. The number of aromatic nitrogens is 1. The van der Waals surface area contributed by atoms with Crippen molar-refractivity contribution in [3.63, 3.8) is 0 Å². The Morgan fingerprint density at radius 2 is 1.82 bits per heavy atom. The van der Waals surface area contributed by atoms with Gasteiger partial charge in [0, 0.05) is 33.7 Å². The first-order chi connectivity index (χ1) is 13.6. The van der Waals surface area contributed by atoms with Crippen molar-refractivity contribution in [3.8, 4) is 6.07 Å². The maximum absolute atomic E-state index is 9.72. The first-order valence-electron chi connectivity index (χ1n) is 9.15. The summed E-state index contributed by atoms with van der Waals surface area (Å²) in [7, 11) is 0. The Balaban J connectivity index is 1.79. The van der Waals surface area contributed by atoms with Crippen LogP contribution in [-0.2, 0) is 6.54 Å². The highest BCUT2D eigenvalue weighted by Crippen LogP contribution is 2.27. The van der Waals surface area contributed by atoms with E-state index in [-0.39, 0.29) is 0 Å². The third kappa shape index (κ3) is 3.78. The van der Waals surface area contributed by atoms with Crippen molar-refractivity contribution in [3.05, 3.63) is 106 Å². The number of hydrogen-bond acceptors (Lipinski definition) is 1. The number of aryl methyl sites for hydroxylation is 1. The van der Waals surface area contributed by atoms with Crippen LogP contribution in [0.4, 0.5) is 0 Å². The van der Waals surface area contributed by atoms with Crippen molar-refractivity contribution < 1.29 is 0 Å². The minimum Gasteiger partial charge on any atom is -0.342 e. The summed E-state index contributed by atoms with van der Waals surface area (Å²) in [5.74, 6) is 0. The lowest BCUT2D eigenvalue weighted by molar-refractivity contribution is 0.835. The van der Waals surface area contributed by atoms with Crippen LogP contribution in [0, 0.1) is 18.3 Å². The zero-order valence-electron chi connectivity index (χ0n) is 15.6. The van der Waals surface area contributed by atoms with Crippen LogP contribution in [0.15, 0.2) is 83.5 Å². The summed E-state index contributed by atoms with van der Waals surface area (Å²) in [6, 6.07) is 27.1. The molecule has 1 aromatic heterocycles. The molecule has 3 aromatic carbocycles. The van der Waals surface area contributed by atoms with E-state index in [1.165, 1.54) is 16.6 Å². The Bertz CT molecular complexity index is 1210. The second-order valence-corrected chi connectivity index (χ2v) is 7.81. The molecule has 0 radical (unpaired) electrons. The van der Waals surface area contributed by atoms with E-state index in [0.29, 0.717) is 5.57 Å². The van der Waals surface area contributed by atoms with Gasteiger partial charge in [0.1, 0.15) is 0 Å². The smallest absolute Gasteiger partial charge is 0.0998 e.